The number of hydrogen-bond donors (Lipinski definition) is 2. The summed E-state index contributed by atoms with van der Waals surface area (Å²) in [5.41, 5.74) is 0.796. The van der Waals surface area contributed by atoms with Crippen molar-refractivity contribution in [3.8, 4) is 5.75 Å². The molecule has 2 amide bonds. The summed E-state index contributed by atoms with van der Waals surface area (Å²) in [6.07, 6.45) is 4.61. The molecule has 2 heterocycles. The van der Waals surface area contributed by atoms with E-state index >= 15 is 0 Å². The molecule has 1 aromatic carbocycles. The Labute approximate surface area is 125 Å². The monoisotopic (exact) mass is 289 g/mol. The smallest absolute Gasteiger partial charge is 0.321 e. The number of amides is 2. The van der Waals surface area contributed by atoms with Crippen molar-refractivity contribution in [2.75, 3.05) is 19.5 Å². The van der Waals surface area contributed by atoms with Crippen LogP contribution in [-0.2, 0) is 0 Å². The van der Waals surface area contributed by atoms with Crippen molar-refractivity contribution in [1.29, 1.82) is 0 Å². The Kier molecular flexibility index (Phi) is 4.01. The molecule has 2 aliphatic heterocycles. The number of nitrogens with zero attached hydrogens (tertiary/aromatic N) is 1. The molecular formula is C16H23N3O2. The number of urea groups is 1. The number of carbonyl (C=O) groups excluding carboxylic acids is 1. The van der Waals surface area contributed by atoms with Gasteiger partial charge in [-0.1, -0.05) is 0 Å². The van der Waals surface area contributed by atoms with Gasteiger partial charge in [-0.15, -0.1) is 0 Å². The summed E-state index contributed by atoms with van der Waals surface area (Å²) in [5.74, 6) is 0.788. The molecule has 3 rings (SSSR count). The number of ether oxygens (including phenoxy) is 1. The minimum absolute atomic E-state index is 0.0357. The van der Waals surface area contributed by atoms with E-state index in [4.69, 9.17) is 4.74 Å². The summed E-state index contributed by atoms with van der Waals surface area (Å²) < 4.78 is 5.12. The van der Waals surface area contributed by atoms with Crippen molar-refractivity contribution in [1.82, 2.24) is 10.2 Å². The first kappa shape index (κ1) is 14.2. The van der Waals surface area contributed by atoms with Gasteiger partial charge in [0.1, 0.15) is 5.75 Å². The summed E-state index contributed by atoms with van der Waals surface area (Å²) in [6.45, 7) is 0. The van der Waals surface area contributed by atoms with E-state index in [0.29, 0.717) is 18.1 Å². The molecular weight excluding hydrogens is 266 g/mol. The Morgan fingerprint density at radius 2 is 1.86 bits per heavy atom. The average Bonchev–Trinajstić information content (AvgIpc) is 2.85. The maximum atomic E-state index is 12.4. The lowest BCUT2D eigenvalue weighted by molar-refractivity contribution is 0.176. The van der Waals surface area contributed by atoms with Crippen molar-refractivity contribution in [2.45, 2.75) is 43.8 Å². The van der Waals surface area contributed by atoms with Crippen LogP contribution in [0.4, 0.5) is 10.5 Å². The number of carbonyl (C=O) groups is 1. The molecule has 2 bridgehead atoms. The van der Waals surface area contributed by atoms with Crippen LogP contribution >= 0.6 is 0 Å². The molecule has 21 heavy (non-hydrogen) atoms. The highest BCUT2D eigenvalue weighted by atomic mass is 16.5. The van der Waals surface area contributed by atoms with Crippen LogP contribution in [0.25, 0.3) is 0 Å². The van der Waals surface area contributed by atoms with Gasteiger partial charge in [0.2, 0.25) is 0 Å². The molecule has 0 aromatic heterocycles. The van der Waals surface area contributed by atoms with Gasteiger partial charge < -0.3 is 20.3 Å². The van der Waals surface area contributed by atoms with E-state index in [2.05, 4.69) is 10.6 Å². The first-order valence-corrected chi connectivity index (χ1v) is 7.59. The average molecular weight is 289 g/mol. The van der Waals surface area contributed by atoms with Crippen molar-refractivity contribution < 1.29 is 9.53 Å². The zero-order valence-electron chi connectivity index (χ0n) is 12.6. The maximum Gasteiger partial charge on any atom is 0.321 e. The molecule has 0 saturated carbocycles. The number of benzene rings is 1. The lowest BCUT2D eigenvalue weighted by Gasteiger charge is -2.35. The van der Waals surface area contributed by atoms with E-state index < -0.39 is 0 Å². The summed E-state index contributed by atoms with van der Waals surface area (Å²) in [6, 6.07) is 8.89. The standard InChI is InChI=1S/C16H23N3O2/c1-19(14-9-12-3-4-13(10-14)17-12)16(20)18-11-5-7-15(21-2)8-6-11/h5-8,12-14,17H,3-4,9-10H2,1-2H3,(H,18,20). The molecule has 2 saturated heterocycles. The fourth-order valence-electron chi connectivity index (χ4n) is 3.40. The number of nitrogens with one attached hydrogen (secondary N) is 2. The zero-order chi connectivity index (χ0) is 14.8. The van der Waals surface area contributed by atoms with Crippen molar-refractivity contribution in [3.63, 3.8) is 0 Å². The Morgan fingerprint density at radius 3 is 2.43 bits per heavy atom. The molecule has 0 spiro atoms. The summed E-state index contributed by atoms with van der Waals surface area (Å²) >= 11 is 0. The SMILES string of the molecule is COc1ccc(NC(=O)N(C)C2CC3CCC(C2)N3)cc1. The summed E-state index contributed by atoms with van der Waals surface area (Å²) in [7, 11) is 3.53. The lowest BCUT2D eigenvalue weighted by Crippen LogP contribution is -2.49. The third-order valence-corrected chi connectivity index (χ3v) is 4.66. The van der Waals surface area contributed by atoms with Crippen LogP contribution in [0.15, 0.2) is 24.3 Å². The van der Waals surface area contributed by atoms with E-state index in [9.17, 15) is 4.79 Å². The number of piperidine rings is 1. The lowest BCUT2D eigenvalue weighted by atomic mass is 9.99. The van der Waals surface area contributed by atoms with Gasteiger partial charge in [0.15, 0.2) is 0 Å². The third kappa shape index (κ3) is 3.13. The molecule has 0 radical (unpaired) electrons. The predicted molar refractivity (Wildman–Crippen MR) is 82.7 cm³/mol. The van der Waals surface area contributed by atoms with Gasteiger partial charge in [-0.05, 0) is 49.9 Å². The van der Waals surface area contributed by atoms with Crippen LogP contribution < -0.4 is 15.4 Å². The Balaban J connectivity index is 1.59. The van der Waals surface area contributed by atoms with Crippen molar-refractivity contribution in [2.24, 2.45) is 0 Å². The first-order chi connectivity index (χ1) is 10.2. The van der Waals surface area contributed by atoms with Crippen LogP contribution in [0.3, 0.4) is 0 Å². The van der Waals surface area contributed by atoms with Crippen LogP contribution in [0, 0.1) is 0 Å². The normalized spacial score (nSPS) is 27.2. The minimum atomic E-state index is -0.0357. The Morgan fingerprint density at radius 1 is 1.24 bits per heavy atom. The van der Waals surface area contributed by atoms with Gasteiger partial charge in [0.05, 0.1) is 7.11 Å². The van der Waals surface area contributed by atoms with Crippen LogP contribution in [0.1, 0.15) is 25.7 Å². The van der Waals surface area contributed by atoms with Gasteiger partial charge in [0.25, 0.3) is 0 Å². The second-order valence-corrected chi connectivity index (χ2v) is 6.03. The van der Waals surface area contributed by atoms with Crippen molar-refractivity contribution in [3.05, 3.63) is 24.3 Å². The number of anilines is 1. The molecule has 5 heteroatoms. The molecule has 2 aliphatic rings. The highest BCUT2D eigenvalue weighted by Gasteiger charge is 2.36. The number of fused-ring (bicyclic) bond motifs is 2. The number of methoxy groups -OCH3 is 1. The second-order valence-electron chi connectivity index (χ2n) is 6.03. The largest absolute Gasteiger partial charge is 0.497 e. The van der Waals surface area contributed by atoms with E-state index in [1.54, 1.807) is 7.11 Å². The van der Waals surface area contributed by atoms with Crippen LogP contribution in [0.2, 0.25) is 0 Å². The van der Waals surface area contributed by atoms with E-state index in [-0.39, 0.29) is 6.03 Å². The maximum absolute atomic E-state index is 12.4. The molecule has 2 atom stereocenters. The molecule has 114 valence electrons. The van der Waals surface area contributed by atoms with E-state index in [0.717, 1.165) is 24.3 Å². The second kappa shape index (κ2) is 5.93. The quantitative estimate of drug-likeness (QED) is 0.898. The summed E-state index contributed by atoms with van der Waals surface area (Å²) in [4.78, 5) is 14.2. The highest BCUT2D eigenvalue weighted by molar-refractivity contribution is 5.89. The number of hydrogen-bond acceptors (Lipinski definition) is 3. The Hall–Kier alpha value is -1.75. The topological polar surface area (TPSA) is 53.6 Å². The van der Waals surface area contributed by atoms with Crippen LogP contribution in [-0.4, -0.2) is 43.2 Å². The highest BCUT2D eigenvalue weighted by Crippen LogP contribution is 2.29. The van der Waals surface area contributed by atoms with Gasteiger partial charge in [-0.2, -0.15) is 0 Å². The Bertz CT molecular complexity index is 491. The minimum Gasteiger partial charge on any atom is -0.497 e. The zero-order valence-corrected chi connectivity index (χ0v) is 12.6. The van der Waals surface area contributed by atoms with Gasteiger partial charge in [-0.3, -0.25) is 0 Å². The van der Waals surface area contributed by atoms with E-state index in [1.165, 1.54) is 12.8 Å². The fourth-order valence-corrected chi connectivity index (χ4v) is 3.40. The molecule has 0 aliphatic carbocycles. The molecule has 1 aromatic rings. The van der Waals surface area contributed by atoms with Gasteiger partial charge in [0, 0.05) is 30.9 Å². The molecule has 5 nitrogen and oxygen atoms in total. The molecule has 2 fully saturated rings. The number of rotatable bonds is 3. The molecule has 2 unspecified atom stereocenters. The van der Waals surface area contributed by atoms with Gasteiger partial charge in [-0.25, -0.2) is 4.79 Å². The molecule has 2 N–H and O–H groups in total. The summed E-state index contributed by atoms with van der Waals surface area (Å²) in [5, 5.41) is 6.56. The van der Waals surface area contributed by atoms with E-state index in [1.807, 2.05) is 36.2 Å². The van der Waals surface area contributed by atoms with Crippen molar-refractivity contribution >= 4 is 11.7 Å². The third-order valence-electron chi connectivity index (χ3n) is 4.66. The van der Waals surface area contributed by atoms with Crippen LogP contribution in [0.5, 0.6) is 5.75 Å². The first-order valence-electron chi connectivity index (χ1n) is 7.59. The fraction of sp³-hybridized carbons (Fsp3) is 0.562. The van der Waals surface area contributed by atoms with Gasteiger partial charge >= 0.3 is 6.03 Å². The predicted octanol–water partition coefficient (Wildman–Crippen LogP) is 2.44.